The molecule has 1 unspecified atom stereocenters. The van der Waals surface area contributed by atoms with E-state index in [2.05, 4.69) is 18.3 Å². The van der Waals surface area contributed by atoms with E-state index in [1.165, 1.54) is 56.9 Å². The molecule has 1 atom stereocenters. The minimum absolute atomic E-state index is 0.500. The van der Waals surface area contributed by atoms with Gasteiger partial charge in [-0.2, -0.15) is 0 Å². The van der Waals surface area contributed by atoms with Gasteiger partial charge in [0, 0.05) is 11.6 Å². The number of nitrogens with one attached hydrogen (secondary N) is 1. The number of hydrogen-bond acceptors (Lipinski definition) is 2. The lowest BCUT2D eigenvalue weighted by molar-refractivity contribution is -0.0622. The third kappa shape index (κ3) is 2.67. The van der Waals surface area contributed by atoms with E-state index in [4.69, 9.17) is 4.42 Å². The molecule has 0 spiro atoms. The van der Waals surface area contributed by atoms with Crippen LogP contribution in [0, 0.1) is 23.2 Å². The van der Waals surface area contributed by atoms with Crippen molar-refractivity contribution >= 4 is 0 Å². The molecule has 0 aromatic carbocycles. The Bertz CT molecular complexity index is 429. The molecule has 1 N–H and O–H groups in total. The molecule has 116 valence electrons. The molecule has 1 aromatic heterocycles. The van der Waals surface area contributed by atoms with Crippen molar-refractivity contribution in [3.8, 4) is 0 Å². The summed E-state index contributed by atoms with van der Waals surface area (Å²) >= 11 is 0. The summed E-state index contributed by atoms with van der Waals surface area (Å²) in [5.74, 6) is 3.15. The van der Waals surface area contributed by atoms with Crippen LogP contribution < -0.4 is 5.32 Å². The topological polar surface area (TPSA) is 25.2 Å². The van der Waals surface area contributed by atoms with Crippen molar-refractivity contribution in [3.63, 3.8) is 0 Å². The highest BCUT2D eigenvalue weighted by Crippen LogP contribution is 2.62. The van der Waals surface area contributed by atoms with Gasteiger partial charge < -0.3 is 9.73 Å². The molecule has 1 heterocycles. The molecule has 0 aliphatic heterocycles. The highest BCUT2D eigenvalue weighted by molar-refractivity contribution is 5.14. The summed E-state index contributed by atoms with van der Waals surface area (Å²) in [5, 5.41) is 3.79. The molecule has 0 saturated heterocycles. The molecule has 2 heteroatoms. The monoisotopic (exact) mass is 287 g/mol. The quantitative estimate of drug-likeness (QED) is 0.802. The minimum atomic E-state index is 0.500. The lowest BCUT2D eigenvalue weighted by Gasteiger charge is -2.57. The molecule has 4 fully saturated rings. The molecule has 1 aromatic rings. The van der Waals surface area contributed by atoms with Gasteiger partial charge in [0.15, 0.2) is 0 Å². The van der Waals surface area contributed by atoms with Crippen molar-refractivity contribution in [1.29, 1.82) is 0 Å². The van der Waals surface area contributed by atoms with Gasteiger partial charge >= 0.3 is 0 Å². The van der Waals surface area contributed by atoms with E-state index in [1.807, 2.05) is 12.5 Å². The zero-order valence-corrected chi connectivity index (χ0v) is 13.3. The Hall–Kier alpha value is -0.760. The van der Waals surface area contributed by atoms with Crippen LogP contribution in [0.4, 0.5) is 0 Å². The van der Waals surface area contributed by atoms with Gasteiger partial charge in [0.1, 0.15) is 0 Å². The maximum atomic E-state index is 5.36. The van der Waals surface area contributed by atoms with Crippen LogP contribution in [0.5, 0.6) is 0 Å². The van der Waals surface area contributed by atoms with Crippen molar-refractivity contribution in [2.75, 3.05) is 6.54 Å². The zero-order chi connectivity index (χ0) is 14.3. The van der Waals surface area contributed by atoms with Crippen LogP contribution >= 0.6 is 0 Å². The van der Waals surface area contributed by atoms with E-state index in [0.717, 1.165) is 24.3 Å². The molecular weight excluding hydrogens is 258 g/mol. The summed E-state index contributed by atoms with van der Waals surface area (Å²) in [5.41, 5.74) is 2.00. The molecule has 4 bridgehead atoms. The fourth-order valence-corrected chi connectivity index (χ4v) is 6.07. The van der Waals surface area contributed by atoms with Crippen LogP contribution in [0.2, 0.25) is 0 Å². The normalized spacial score (nSPS) is 38.8. The van der Waals surface area contributed by atoms with Gasteiger partial charge in [0.25, 0.3) is 0 Å². The lowest BCUT2D eigenvalue weighted by atomic mass is 9.48. The molecule has 5 rings (SSSR count). The van der Waals surface area contributed by atoms with Crippen LogP contribution in [0.15, 0.2) is 23.0 Å². The van der Waals surface area contributed by atoms with Gasteiger partial charge in [-0.1, -0.05) is 6.92 Å². The number of furan rings is 1. The van der Waals surface area contributed by atoms with Gasteiger partial charge in [-0.25, -0.2) is 0 Å². The minimum Gasteiger partial charge on any atom is -0.472 e. The first-order chi connectivity index (χ1) is 10.3. The van der Waals surface area contributed by atoms with Gasteiger partial charge in [-0.3, -0.25) is 0 Å². The number of hydrogen-bond donors (Lipinski definition) is 1. The Kier molecular flexibility index (Phi) is 3.61. The Morgan fingerprint density at radius 1 is 1.19 bits per heavy atom. The highest BCUT2D eigenvalue weighted by Gasteiger charge is 2.51. The van der Waals surface area contributed by atoms with Crippen LogP contribution in [0.25, 0.3) is 0 Å². The Labute approximate surface area is 128 Å². The predicted molar refractivity (Wildman–Crippen MR) is 85.0 cm³/mol. The average molecular weight is 287 g/mol. The average Bonchev–Trinajstić information content (AvgIpc) is 2.96. The largest absolute Gasteiger partial charge is 0.472 e. The van der Waals surface area contributed by atoms with Crippen molar-refractivity contribution in [2.24, 2.45) is 23.2 Å². The second-order valence-electron chi connectivity index (χ2n) is 8.19. The van der Waals surface area contributed by atoms with E-state index in [-0.39, 0.29) is 0 Å². The predicted octanol–water partition coefficient (Wildman–Crippen LogP) is 4.93. The summed E-state index contributed by atoms with van der Waals surface area (Å²) in [7, 11) is 0. The van der Waals surface area contributed by atoms with Crippen molar-refractivity contribution in [2.45, 2.75) is 64.3 Å². The second kappa shape index (κ2) is 5.46. The van der Waals surface area contributed by atoms with Gasteiger partial charge in [0.05, 0.1) is 12.5 Å². The summed E-state index contributed by atoms with van der Waals surface area (Å²) in [6, 6.07) is 2.66. The van der Waals surface area contributed by atoms with E-state index >= 15 is 0 Å². The summed E-state index contributed by atoms with van der Waals surface area (Å²) in [4.78, 5) is 0. The standard InChI is InChI=1S/C19H29NO/c1-2-4-20-18(17-3-5-21-13-17)12-19-9-14-6-15(10-19)8-16(7-14)11-19/h3,5,13-16,18,20H,2,4,6-12H2,1H3. The van der Waals surface area contributed by atoms with E-state index in [9.17, 15) is 0 Å². The highest BCUT2D eigenvalue weighted by atomic mass is 16.3. The van der Waals surface area contributed by atoms with Crippen molar-refractivity contribution in [3.05, 3.63) is 24.2 Å². The van der Waals surface area contributed by atoms with Crippen molar-refractivity contribution in [1.82, 2.24) is 5.32 Å². The summed E-state index contributed by atoms with van der Waals surface area (Å²) in [6.07, 6.45) is 15.4. The second-order valence-corrected chi connectivity index (χ2v) is 8.19. The van der Waals surface area contributed by atoms with Gasteiger partial charge in [-0.05, 0) is 87.1 Å². The SMILES string of the molecule is CCCNC(CC12CC3CC(CC(C3)C1)C2)c1ccoc1. The molecule has 0 radical (unpaired) electrons. The van der Waals surface area contributed by atoms with E-state index in [0.29, 0.717) is 11.5 Å². The molecule has 4 aliphatic carbocycles. The third-order valence-corrected chi connectivity index (χ3v) is 6.39. The molecule has 4 saturated carbocycles. The fourth-order valence-electron chi connectivity index (χ4n) is 6.07. The lowest BCUT2D eigenvalue weighted by Crippen LogP contribution is -2.47. The maximum absolute atomic E-state index is 5.36. The van der Waals surface area contributed by atoms with Gasteiger partial charge in [-0.15, -0.1) is 0 Å². The summed E-state index contributed by atoms with van der Waals surface area (Å²) < 4.78 is 5.36. The zero-order valence-electron chi connectivity index (χ0n) is 13.3. The first-order valence-corrected chi connectivity index (χ1v) is 9.02. The number of rotatable bonds is 6. The van der Waals surface area contributed by atoms with Crippen LogP contribution in [0.3, 0.4) is 0 Å². The molecular formula is C19H29NO. The maximum Gasteiger partial charge on any atom is 0.0950 e. The molecule has 21 heavy (non-hydrogen) atoms. The van der Waals surface area contributed by atoms with Crippen LogP contribution in [0.1, 0.15) is 69.9 Å². The van der Waals surface area contributed by atoms with E-state index < -0.39 is 0 Å². The van der Waals surface area contributed by atoms with Crippen molar-refractivity contribution < 1.29 is 4.42 Å². The fraction of sp³-hybridized carbons (Fsp3) is 0.789. The first-order valence-electron chi connectivity index (χ1n) is 9.02. The van der Waals surface area contributed by atoms with E-state index in [1.54, 1.807) is 0 Å². The molecule has 2 nitrogen and oxygen atoms in total. The van der Waals surface area contributed by atoms with Crippen LogP contribution in [-0.4, -0.2) is 6.54 Å². The molecule has 4 aliphatic rings. The van der Waals surface area contributed by atoms with Crippen LogP contribution in [-0.2, 0) is 0 Å². The Morgan fingerprint density at radius 2 is 1.86 bits per heavy atom. The Balaban J connectivity index is 1.52. The first kappa shape index (κ1) is 13.9. The summed E-state index contributed by atoms with van der Waals surface area (Å²) in [6.45, 7) is 3.37. The van der Waals surface area contributed by atoms with Gasteiger partial charge in [0.2, 0.25) is 0 Å². The third-order valence-electron chi connectivity index (χ3n) is 6.39. The Morgan fingerprint density at radius 3 is 2.38 bits per heavy atom. The molecule has 0 amide bonds. The smallest absolute Gasteiger partial charge is 0.0950 e.